The smallest absolute Gasteiger partial charge is 0.305 e. The molecule has 1 aromatic rings. The maximum absolute atomic E-state index is 12.4. The molecule has 7 nitrogen and oxygen atoms in total. The number of carboxylic acids is 1. The summed E-state index contributed by atoms with van der Waals surface area (Å²) < 4.78 is 0. The van der Waals surface area contributed by atoms with Crippen LogP contribution in [0.2, 0.25) is 0 Å². The number of rotatable bonds is 9. The Morgan fingerprint density at radius 1 is 1.25 bits per heavy atom. The monoisotopic (exact) mass is 333 g/mol. The number of benzene rings is 1. The molecule has 0 saturated heterocycles. The summed E-state index contributed by atoms with van der Waals surface area (Å²) in [7, 11) is 1.90. The molecule has 130 valence electrons. The van der Waals surface area contributed by atoms with Crippen molar-refractivity contribution in [3.63, 3.8) is 0 Å². The van der Waals surface area contributed by atoms with E-state index in [-0.39, 0.29) is 24.8 Å². The molecular weight excluding hydrogens is 310 g/mol. The van der Waals surface area contributed by atoms with E-state index in [0.29, 0.717) is 24.2 Å². The van der Waals surface area contributed by atoms with Gasteiger partial charge in [0.2, 0.25) is 0 Å². The Balaban J connectivity index is 1.95. The van der Waals surface area contributed by atoms with Gasteiger partial charge in [-0.15, -0.1) is 0 Å². The minimum Gasteiger partial charge on any atom is -0.481 e. The van der Waals surface area contributed by atoms with Crippen LogP contribution in [0.5, 0.6) is 0 Å². The minimum absolute atomic E-state index is 0.0466. The first-order chi connectivity index (χ1) is 11.5. The second-order valence-electron chi connectivity index (χ2n) is 5.81. The highest BCUT2D eigenvalue weighted by molar-refractivity contribution is 6.02. The molecule has 7 heteroatoms. The van der Waals surface area contributed by atoms with Crippen LogP contribution in [-0.4, -0.2) is 54.5 Å². The molecule has 0 atom stereocenters. The fourth-order valence-electron chi connectivity index (χ4n) is 2.67. The summed E-state index contributed by atoms with van der Waals surface area (Å²) in [6.45, 7) is 2.27. The molecule has 3 N–H and O–H groups in total. The van der Waals surface area contributed by atoms with Crippen molar-refractivity contribution < 1.29 is 19.5 Å². The second-order valence-corrected chi connectivity index (χ2v) is 5.81. The average molecular weight is 333 g/mol. The third kappa shape index (κ3) is 4.55. The molecule has 0 saturated carbocycles. The van der Waals surface area contributed by atoms with Gasteiger partial charge in [0.05, 0.1) is 6.42 Å². The number of unbranched alkanes of at least 4 members (excludes halogenated alkanes) is 1. The van der Waals surface area contributed by atoms with Crippen molar-refractivity contribution in [2.45, 2.75) is 25.8 Å². The molecule has 0 aromatic heterocycles. The molecule has 0 fully saturated rings. The topological polar surface area (TPSA) is 98.7 Å². The third-order valence-electron chi connectivity index (χ3n) is 3.98. The minimum atomic E-state index is -0.964. The predicted octanol–water partition coefficient (Wildman–Crippen LogP) is 0.847. The number of fused-ring (bicyclic) bond motifs is 1. The molecule has 0 aliphatic carbocycles. The Morgan fingerprint density at radius 3 is 2.75 bits per heavy atom. The van der Waals surface area contributed by atoms with Gasteiger partial charge in [-0.25, -0.2) is 0 Å². The van der Waals surface area contributed by atoms with Crippen LogP contribution in [0.25, 0.3) is 0 Å². The third-order valence-corrected chi connectivity index (χ3v) is 3.98. The lowest BCUT2D eigenvalue weighted by molar-refractivity contribution is -0.136. The number of carboxylic acid groups (broad SMARTS) is 1. The Kier molecular flexibility index (Phi) is 6.31. The molecule has 0 radical (unpaired) electrons. The van der Waals surface area contributed by atoms with Gasteiger partial charge in [0.1, 0.15) is 0 Å². The fraction of sp³-hybridized carbons (Fsp3) is 0.471. The van der Waals surface area contributed by atoms with Gasteiger partial charge in [-0.1, -0.05) is 6.07 Å². The van der Waals surface area contributed by atoms with Crippen molar-refractivity contribution in [1.82, 2.24) is 15.5 Å². The number of nitrogens with zero attached hydrogens (tertiary/aromatic N) is 1. The molecule has 0 spiro atoms. The summed E-state index contributed by atoms with van der Waals surface area (Å²) >= 11 is 0. The SMILES string of the molecule is CNCCCCN1Cc2ccc(C(=O)NCCC(=O)O)cc2C1=O. The number of nitrogens with one attached hydrogen (secondary N) is 2. The van der Waals surface area contributed by atoms with E-state index in [1.807, 2.05) is 7.05 Å². The first kappa shape index (κ1) is 17.9. The molecule has 0 bridgehead atoms. The number of carbonyl (C=O) groups excluding carboxylic acids is 2. The van der Waals surface area contributed by atoms with Crippen LogP contribution in [0, 0.1) is 0 Å². The molecule has 1 aromatic carbocycles. The zero-order valence-electron chi connectivity index (χ0n) is 13.8. The highest BCUT2D eigenvalue weighted by Gasteiger charge is 2.27. The quantitative estimate of drug-likeness (QED) is 0.582. The second kappa shape index (κ2) is 8.44. The van der Waals surface area contributed by atoms with Crippen molar-refractivity contribution in [2.75, 3.05) is 26.7 Å². The molecule has 24 heavy (non-hydrogen) atoms. The summed E-state index contributed by atoms with van der Waals surface area (Å²) in [4.78, 5) is 36.7. The Hall–Kier alpha value is -2.41. The molecule has 2 amide bonds. The highest BCUT2D eigenvalue weighted by Crippen LogP contribution is 2.24. The van der Waals surface area contributed by atoms with Crippen molar-refractivity contribution in [3.8, 4) is 0 Å². The molecule has 0 unspecified atom stereocenters. The zero-order chi connectivity index (χ0) is 17.5. The Bertz CT molecular complexity index is 630. The first-order valence-corrected chi connectivity index (χ1v) is 8.09. The summed E-state index contributed by atoms with van der Waals surface area (Å²) in [6, 6.07) is 5.07. The molecule has 2 rings (SSSR count). The van der Waals surface area contributed by atoms with Gasteiger partial charge in [0.25, 0.3) is 11.8 Å². The first-order valence-electron chi connectivity index (χ1n) is 8.09. The van der Waals surface area contributed by atoms with E-state index in [1.165, 1.54) is 0 Å². The van der Waals surface area contributed by atoms with Crippen molar-refractivity contribution in [2.24, 2.45) is 0 Å². The summed E-state index contributed by atoms with van der Waals surface area (Å²) in [5, 5.41) is 14.2. The number of amides is 2. The lowest BCUT2D eigenvalue weighted by Gasteiger charge is -2.15. The standard InChI is InChI=1S/C17H23N3O4/c1-18-7-2-3-9-20-11-13-5-4-12(10-14(13)17(20)24)16(23)19-8-6-15(21)22/h4-5,10,18H,2-3,6-9,11H2,1H3,(H,19,23)(H,21,22). The van der Waals surface area contributed by atoms with Gasteiger partial charge in [0.15, 0.2) is 0 Å². The summed E-state index contributed by atoms with van der Waals surface area (Å²) in [6.07, 6.45) is 1.81. The van der Waals surface area contributed by atoms with Crippen LogP contribution >= 0.6 is 0 Å². The van der Waals surface area contributed by atoms with Crippen molar-refractivity contribution in [3.05, 3.63) is 34.9 Å². The van der Waals surface area contributed by atoms with Gasteiger partial charge in [-0.2, -0.15) is 0 Å². The van der Waals surface area contributed by atoms with E-state index >= 15 is 0 Å². The summed E-state index contributed by atoms with van der Waals surface area (Å²) in [5.41, 5.74) is 1.87. The lowest BCUT2D eigenvalue weighted by Crippen LogP contribution is -2.27. The number of aliphatic carboxylic acids is 1. The number of carbonyl (C=O) groups is 3. The lowest BCUT2D eigenvalue weighted by atomic mass is 10.1. The number of hydrogen-bond acceptors (Lipinski definition) is 4. The van der Waals surface area contributed by atoms with Gasteiger partial charge >= 0.3 is 5.97 Å². The van der Waals surface area contributed by atoms with Crippen LogP contribution in [-0.2, 0) is 11.3 Å². The van der Waals surface area contributed by atoms with E-state index < -0.39 is 5.97 Å². The van der Waals surface area contributed by atoms with Crippen LogP contribution in [0.4, 0.5) is 0 Å². The Morgan fingerprint density at radius 2 is 2.04 bits per heavy atom. The van der Waals surface area contributed by atoms with Gasteiger partial charge in [-0.3, -0.25) is 14.4 Å². The van der Waals surface area contributed by atoms with Crippen LogP contribution < -0.4 is 10.6 Å². The maximum atomic E-state index is 12.4. The molecule has 1 heterocycles. The zero-order valence-corrected chi connectivity index (χ0v) is 13.8. The largest absolute Gasteiger partial charge is 0.481 e. The Labute approximate surface area is 141 Å². The molecule has 1 aliphatic heterocycles. The maximum Gasteiger partial charge on any atom is 0.305 e. The fourth-order valence-corrected chi connectivity index (χ4v) is 2.67. The van der Waals surface area contributed by atoms with E-state index in [4.69, 9.17) is 5.11 Å². The van der Waals surface area contributed by atoms with Crippen molar-refractivity contribution in [1.29, 1.82) is 0 Å². The highest BCUT2D eigenvalue weighted by atomic mass is 16.4. The van der Waals surface area contributed by atoms with Gasteiger partial charge in [-0.05, 0) is 44.1 Å². The van der Waals surface area contributed by atoms with Crippen LogP contribution in [0.15, 0.2) is 18.2 Å². The average Bonchev–Trinajstić information content (AvgIpc) is 2.87. The molecular formula is C17H23N3O4. The normalized spacial score (nSPS) is 13.0. The van der Waals surface area contributed by atoms with E-state index in [2.05, 4.69) is 10.6 Å². The van der Waals surface area contributed by atoms with E-state index in [1.54, 1.807) is 23.1 Å². The molecule has 1 aliphatic rings. The van der Waals surface area contributed by atoms with E-state index in [0.717, 1.165) is 24.9 Å². The van der Waals surface area contributed by atoms with Gasteiger partial charge < -0.3 is 20.6 Å². The summed E-state index contributed by atoms with van der Waals surface area (Å²) in [5.74, 6) is -1.37. The van der Waals surface area contributed by atoms with Crippen LogP contribution in [0.3, 0.4) is 0 Å². The van der Waals surface area contributed by atoms with E-state index in [9.17, 15) is 14.4 Å². The van der Waals surface area contributed by atoms with Crippen molar-refractivity contribution >= 4 is 17.8 Å². The number of hydrogen-bond donors (Lipinski definition) is 3. The van der Waals surface area contributed by atoms with Crippen LogP contribution in [0.1, 0.15) is 45.5 Å². The predicted molar refractivity (Wildman–Crippen MR) is 88.9 cm³/mol. The van der Waals surface area contributed by atoms with Gasteiger partial charge in [0, 0.05) is 30.8 Å².